The Kier molecular flexibility index (Phi) is 1.81. The van der Waals surface area contributed by atoms with Gasteiger partial charge in [0.15, 0.2) is 0 Å². The Morgan fingerprint density at radius 3 is 2.47 bits per heavy atom. The highest BCUT2D eigenvalue weighted by atomic mass is 16.5. The third-order valence-electron chi connectivity index (χ3n) is 3.27. The third-order valence-corrected chi connectivity index (χ3v) is 3.27. The molecule has 0 unspecified atom stereocenters. The summed E-state index contributed by atoms with van der Waals surface area (Å²) in [4.78, 5) is 0. The van der Waals surface area contributed by atoms with Crippen molar-refractivity contribution in [2.75, 3.05) is 0 Å². The zero-order valence-electron chi connectivity index (χ0n) is 8.40. The summed E-state index contributed by atoms with van der Waals surface area (Å²) in [5.74, 6) is 0. The second-order valence-corrected chi connectivity index (χ2v) is 4.22. The molecular weight excluding hydrogens is 186 g/mol. The van der Waals surface area contributed by atoms with E-state index in [2.05, 4.69) is 35.8 Å². The van der Waals surface area contributed by atoms with Gasteiger partial charge in [-0.1, -0.05) is 42.5 Å². The lowest BCUT2D eigenvalue weighted by Crippen LogP contribution is -2.25. The zero-order valence-corrected chi connectivity index (χ0v) is 8.40. The van der Waals surface area contributed by atoms with Gasteiger partial charge >= 0.3 is 0 Å². The summed E-state index contributed by atoms with van der Waals surface area (Å²) in [6.45, 7) is 0. The van der Waals surface area contributed by atoms with E-state index in [4.69, 9.17) is 0 Å². The number of nitrogens with one attached hydrogen (secondary N) is 1. The second kappa shape index (κ2) is 3.05. The molecule has 0 aliphatic heterocycles. The number of rotatable bonds is 2. The van der Waals surface area contributed by atoms with E-state index in [0.29, 0.717) is 0 Å². The summed E-state index contributed by atoms with van der Waals surface area (Å²) in [5, 5.41) is 11.7. The predicted molar refractivity (Wildman–Crippen MR) is 59.8 cm³/mol. The maximum atomic E-state index is 9.22. The van der Waals surface area contributed by atoms with E-state index in [1.807, 2.05) is 12.1 Å². The first kappa shape index (κ1) is 8.89. The van der Waals surface area contributed by atoms with Gasteiger partial charge in [-0.15, -0.1) is 0 Å². The molecule has 0 radical (unpaired) electrons. The van der Waals surface area contributed by atoms with Crippen molar-refractivity contribution >= 4 is 10.8 Å². The van der Waals surface area contributed by atoms with E-state index >= 15 is 0 Å². The Labute approximate surface area is 88.5 Å². The average Bonchev–Trinajstić information content (AvgIpc) is 3.09. The van der Waals surface area contributed by atoms with Crippen LogP contribution in [0.1, 0.15) is 18.4 Å². The molecule has 2 heteroatoms. The topological polar surface area (TPSA) is 32.3 Å². The minimum atomic E-state index is -0.180. The van der Waals surface area contributed by atoms with Crippen LogP contribution in [0.4, 0.5) is 0 Å². The Hall–Kier alpha value is -1.38. The monoisotopic (exact) mass is 199 g/mol. The highest BCUT2D eigenvalue weighted by Gasteiger charge is 2.44. The number of hydroxylamine groups is 1. The van der Waals surface area contributed by atoms with Crippen molar-refractivity contribution in [2.45, 2.75) is 18.4 Å². The molecule has 0 heterocycles. The fourth-order valence-electron chi connectivity index (χ4n) is 2.21. The minimum absolute atomic E-state index is 0.180. The number of hydrogen-bond acceptors (Lipinski definition) is 2. The van der Waals surface area contributed by atoms with Crippen molar-refractivity contribution < 1.29 is 5.21 Å². The van der Waals surface area contributed by atoms with Gasteiger partial charge < -0.3 is 5.21 Å². The van der Waals surface area contributed by atoms with Crippen molar-refractivity contribution in [2.24, 2.45) is 0 Å². The first-order chi connectivity index (χ1) is 7.36. The molecule has 1 aliphatic rings. The highest BCUT2D eigenvalue weighted by molar-refractivity contribution is 5.86. The number of benzene rings is 2. The van der Waals surface area contributed by atoms with Crippen LogP contribution < -0.4 is 5.48 Å². The molecule has 0 saturated heterocycles. The van der Waals surface area contributed by atoms with Crippen LogP contribution in [0.2, 0.25) is 0 Å². The summed E-state index contributed by atoms with van der Waals surface area (Å²) in [6.07, 6.45) is 2.02. The van der Waals surface area contributed by atoms with Crippen molar-refractivity contribution in [3.63, 3.8) is 0 Å². The van der Waals surface area contributed by atoms with Gasteiger partial charge in [0.25, 0.3) is 0 Å². The predicted octanol–water partition coefficient (Wildman–Crippen LogP) is 2.81. The average molecular weight is 199 g/mol. The summed E-state index contributed by atoms with van der Waals surface area (Å²) in [6, 6.07) is 14.5. The summed E-state index contributed by atoms with van der Waals surface area (Å²) < 4.78 is 0. The van der Waals surface area contributed by atoms with Crippen LogP contribution in [-0.2, 0) is 5.54 Å². The first-order valence-corrected chi connectivity index (χ1v) is 5.25. The fraction of sp³-hybridized carbons (Fsp3) is 0.231. The maximum Gasteiger partial charge on any atom is 0.0685 e. The van der Waals surface area contributed by atoms with Crippen LogP contribution in [0.25, 0.3) is 10.8 Å². The van der Waals surface area contributed by atoms with Gasteiger partial charge in [0, 0.05) is 0 Å². The molecule has 0 bridgehead atoms. The van der Waals surface area contributed by atoms with Crippen LogP contribution in [0.15, 0.2) is 42.5 Å². The van der Waals surface area contributed by atoms with E-state index in [-0.39, 0.29) is 5.54 Å². The van der Waals surface area contributed by atoms with Crippen molar-refractivity contribution in [3.05, 3.63) is 48.0 Å². The van der Waals surface area contributed by atoms with E-state index in [1.54, 1.807) is 0 Å². The largest absolute Gasteiger partial charge is 0.316 e. The van der Waals surface area contributed by atoms with Crippen LogP contribution >= 0.6 is 0 Å². The molecule has 0 aromatic heterocycles. The molecule has 0 amide bonds. The molecule has 2 aromatic carbocycles. The van der Waals surface area contributed by atoms with E-state index in [0.717, 1.165) is 12.8 Å². The molecule has 1 aliphatic carbocycles. The quantitative estimate of drug-likeness (QED) is 0.729. The number of hydrogen-bond donors (Lipinski definition) is 2. The lowest BCUT2D eigenvalue weighted by molar-refractivity contribution is 0.114. The van der Waals surface area contributed by atoms with Gasteiger partial charge in [-0.3, -0.25) is 0 Å². The Balaban J connectivity index is 2.27. The Morgan fingerprint density at radius 2 is 1.73 bits per heavy atom. The van der Waals surface area contributed by atoms with Crippen LogP contribution in [0.5, 0.6) is 0 Å². The molecular formula is C13H13NO. The van der Waals surface area contributed by atoms with Gasteiger partial charge in [0.05, 0.1) is 5.54 Å². The SMILES string of the molecule is ONC1(c2cccc3ccccc23)CC1. The van der Waals surface area contributed by atoms with Crippen molar-refractivity contribution in [1.82, 2.24) is 5.48 Å². The van der Waals surface area contributed by atoms with Gasteiger partial charge in [-0.25, -0.2) is 0 Å². The van der Waals surface area contributed by atoms with Gasteiger partial charge in [-0.2, -0.15) is 5.48 Å². The normalized spacial score (nSPS) is 17.9. The summed E-state index contributed by atoms with van der Waals surface area (Å²) >= 11 is 0. The first-order valence-electron chi connectivity index (χ1n) is 5.25. The molecule has 2 nitrogen and oxygen atoms in total. The van der Waals surface area contributed by atoms with Gasteiger partial charge in [-0.05, 0) is 29.2 Å². The van der Waals surface area contributed by atoms with E-state index < -0.39 is 0 Å². The van der Waals surface area contributed by atoms with E-state index in [9.17, 15) is 5.21 Å². The van der Waals surface area contributed by atoms with Crippen LogP contribution in [0.3, 0.4) is 0 Å². The molecule has 2 N–H and O–H groups in total. The molecule has 0 spiro atoms. The molecule has 76 valence electrons. The smallest absolute Gasteiger partial charge is 0.0685 e. The minimum Gasteiger partial charge on any atom is -0.316 e. The Bertz CT molecular complexity index is 497. The molecule has 1 saturated carbocycles. The molecule has 3 rings (SSSR count). The number of fused-ring (bicyclic) bond motifs is 1. The summed E-state index contributed by atoms with van der Waals surface area (Å²) in [5.41, 5.74) is 3.49. The van der Waals surface area contributed by atoms with Gasteiger partial charge in [0.1, 0.15) is 0 Å². The van der Waals surface area contributed by atoms with Crippen molar-refractivity contribution in [1.29, 1.82) is 0 Å². The van der Waals surface area contributed by atoms with Crippen LogP contribution in [-0.4, -0.2) is 5.21 Å². The lowest BCUT2D eigenvalue weighted by atomic mass is 9.98. The molecule has 15 heavy (non-hydrogen) atoms. The highest BCUT2D eigenvalue weighted by Crippen LogP contribution is 2.47. The maximum absolute atomic E-state index is 9.22. The molecule has 0 atom stereocenters. The Morgan fingerprint density at radius 1 is 1.00 bits per heavy atom. The van der Waals surface area contributed by atoms with Gasteiger partial charge in [0.2, 0.25) is 0 Å². The van der Waals surface area contributed by atoms with Crippen LogP contribution in [0, 0.1) is 0 Å². The lowest BCUT2D eigenvalue weighted by Gasteiger charge is -2.15. The fourth-order valence-corrected chi connectivity index (χ4v) is 2.21. The molecule has 2 aromatic rings. The standard InChI is InChI=1S/C13H13NO/c15-14-13(8-9-13)12-7-3-5-10-4-1-2-6-11(10)12/h1-7,14-15H,8-9H2. The third kappa shape index (κ3) is 1.26. The summed E-state index contributed by atoms with van der Waals surface area (Å²) in [7, 11) is 0. The van der Waals surface area contributed by atoms with E-state index in [1.165, 1.54) is 16.3 Å². The molecule has 1 fully saturated rings. The zero-order chi connectivity index (χ0) is 10.3. The van der Waals surface area contributed by atoms with Crippen molar-refractivity contribution in [3.8, 4) is 0 Å². The second-order valence-electron chi connectivity index (χ2n) is 4.22.